The minimum absolute atomic E-state index is 0.244. The largest absolute Gasteiger partial charge is 0.394 e. The first-order valence-electron chi connectivity index (χ1n) is 23.2. The number of aliphatic hydroxyl groups excluding tert-OH is 8. The van der Waals surface area contributed by atoms with Gasteiger partial charge in [0.1, 0.15) is 48.8 Å². The Kier molecular flexibility index (Phi) is 30.5. The first-order chi connectivity index (χ1) is 29.1. The topological polar surface area (TPSA) is 228 Å². The Balaban J connectivity index is 1.71. The zero-order valence-corrected chi connectivity index (χ0v) is 36.7. The van der Waals surface area contributed by atoms with E-state index in [0.717, 1.165) is 32.1 Å². The van der Waals surface area contributed by atoms with E-state index in [-0.39, 0.29) is 18.9 Å². The minimum Gasteiger partial charge on any atom is -0.394 e. The number of aliphatic hydroxyl groups is 8. The maximum Gasteiger partial charge on any atom is 0.220 e. The van der Waals surface area contributed by atoms with Crippen LogP contribution < -0.4 is 5.32 Å². The summed E-state index contributed by atoms with van der Waals surface area (Å²) in [5.41, 5.74) is 0. The second kappa shape index (κ2) is 33.7. The molecule has 2 fully saturated rings. The lowest BCUT2D eigenvalue weighted by Gasteiger charge is -2.46. The molecule has 2 saturated heterocycles. The van der Waals surface area contributed by atoms with Gasteiger partial charge in [-0.25, -0.2) is 0 Å². The Labute approximate surface area is 360 Å². The second-order valence-corrected chi connectivity index (χ2v) is 16.5. The number of rotatable bonds is 34. The zero-order valence-electron chi connectivity index (χ0n) is 36.7. The Morgan fingerprint density at radius 3 is 1.62 bits per heavy atom. The molecule has 0 aromatic heterocycles. The molecule has 0 radical (unpaired) electrons. The molecule has 2 rings (SSSR count). The van der Waals surface area contributed by atoms with E-state index in [1.807, 2.05) is 13.0 Å². The van der Waals surface area contributed by atoms with Crippen LogP contribution in [0.5, 0.6) is 0 Å². The van der Waals surface area contributed by atoms with Crippen molar-refractivity contribution >= 4 is 5.91 Å². The van der Waals surface area contributed by atoms with Gasteiger partial charge in [0.05, 0.1) is 32.0 Å². The summed E-state index contributed by atoms with van der Waals surface area (Å²) in [6.45, 7) is 2.48. The average molecular weight is 858 g/mol. The molecule has 14 nitrogen and oxygen atoms in total. The molecular formula is C46H83NO13. The van der Waals surface area contributed by atoms with Gasteiger partial charge in [-0.1, -0.05) is 140 Å². The molecule has 12 unspecified atom stereocenters. The van der Waals surface area contributed by atoms with Crippen LogP contribution in [0.4, 0.5) is 0 Å². The SMILES string of the molecule is CCCCCCCCCCCCCCCC/C=C/CC/C=C/CC/C=C/C(O)C(COC1OC(CO)C(OC2OC(CO)C(O)C(O)C2O)C(O)C1O)NC(=O)CCCC. The summed E-state index contributed by atoms with van der Waals surface area (Å²) in [5, 5.41) is 85.7. The molecule has 2 aliphatic rings. The quantitative estimate of drug-likeness (QED) is 0.0315. The molecule has 350 valence electrons. The molecule has 14 heteroatoms. The van der Waals surface area contributed by atoms with Crippen LogP contribution in [-0.2, 0) is 23.7 Å². The second-order valence-electron chi connectivity index (χ2n) is 16.5. The number of ether oxygens (including phenoxy) is 4. The van der Waals surface area contributed by atoms with Crippen molar-refractivity contribution in [3.8, 4) is 0 Å². The number of carbonyl (C=O) groups excluding carboxylic acids is 1. The molecule has 0 spiro atoms. The van der Waals surface area contributed by atoms with E-state index >= 15 is 0 Å². The van der Waals surface area contributed by atoms with E-state index in [1.165, 1.54) is 89.9 Å². The Hall–Kier alpha value is -1.79. The number of amides is 1. The van der Waals surface area contributed by atoms with Crippen LogP contribution in [0.15, 0.2) is 36.5 Å². The fourth-order valence-corrected chi connectivity index (χ4v) is 7.42. The first kappa shape index (κ1) is 54.3. The van der Waals surface area contributed by atoms with Crippen molar-refractivity contribution in [3.63, 3.8) is 0 Å². The zero-order chi connectivity index (χ0) is 44.0. The van der Waals surface area contributed by atoms with Crippen LogP contribution >= 0.6 is 0 Å². The average Bonchev–Trinajstić information content (AvgIpc) is 3.25. The highest BCUT2D eigenvalue weighted by molar-refractivity contribution is 5.76. The summed E-state index contributed by atoms with van der Waals surface area (Å²) < 4.78 is 22.4. The van der Waals surface area contributed by atoms with Crippen molar-refractivity contribution in [1.29, 1.82) is 0 Å². The monoisotopic (exact) mass is 858 g/mol. The van der Waals surface area contributed by atoms with Gasteiger partial charge in [0.2, 0.25) is 5.91 Å². The lowest BCUT2D eigenvalue weighted by atomic mass is 9.97. The summed E-state index contributed by atoms with van der Waals surface area (Å²) >= 11 is 0. The molecule has 0 bridgehead atoms. The Morgan fingerprint density at radius 2 is 1.07 bits per heavy atom. The fraction of sp³-hybridized carbons (Fsp3) is 0.848. The van der Waals surface area contributed by atoms with Crippen LogP contribution in [0, 0.1) is 0 Å². The molecule has 60 heavy (non-hydrogen) atoms. The van der Waals surface area contributed by atoms with Gasteiger partial charge in [0.15, 0.2) is 12.6 Å². The molecular weight excluding hydrogens is 775 g/mol. The number of carbonyl (C=O) groups is 1. The van der Waals surface area contributed by atoms with E-state index in [1.54, 1.807) is 6.08 Å². The molecule has 0 saturated carbocycles. The standard InChI is InChI=1S/C46H83NO13/c1-3-5-7-8-9-10-11-12-13-14-15-16-17-18-19-20-21-22-23-24-25-26-27-28-29-35(50)34(47-38(51)30-6-4-2)33-57-45-43(56)41(54)44(37(32-49)59-45)60-46-42(55)40(53)39(52)36(31-48)58-46/h20-21,24-25,28-29,34-37,39-46,48-50,52-56H,3-19,22-23,26-27,30-33H2,1-2H3,(H,47,51)/b21-20+,25-24+,29-28+. The van der Waals surface area contributed by atoms with E-state index in [4.69, 9.17) is 18.9 Å². The number of hydrogen-bond acceptors (Lipinski definition) is 13. The maximum absolute atomic E-state index is 12.6. The van der Waals surface area contributed by atoms with Crippen LogP contribution in [0.3, 0.4) is 0 Å². The van der Waals surface area contributed by atoms with Gasteiger partial charge < -0.3 is 65.1 Å². The van der Waals surface area contributed by atoms with Crippen molar-refractivity contribution in [2.24, 2.45) is 0 Å². The summed E-state index contributed by atoms with van der Waals surface area (Å²) in [7, 11) is 0. The highest BCUT2D eigenvalue weighted by atomic mass is 16.7. The summed E-state index contributed by atoms with van der Waals surface area (Å²) in [4.78, 5) is 12.6. The third-order valence-electron chi connectivity index (χ3n) is 11.3. The van der Waals surface area contributed by atoms with E-state index in [0.29, 0.717) is 12.8 Å². The van der Waals surface area contributed by atoms with Gasteiger partial charge in [-0.15, -0.1) is 0 Å². The third kappa shape index (κ3) is 21.5. The molecule has 1 amide bonds. The minimum atomic E-state index is -1.79. The van der Waals surface area contributed by atoms with Gasteiger partial charge >= 0.3 is 0 Å². The van der Waals surface area contributed by atoms with Gasteiger partial charge in [-0.3, -0.25) is 4.79 Å². The van der Waals surface area contributed by atoms with Gasteiger partial charge in [0, 0.05) is 6.42 Å². The van der Waals surface area contributed by atoms with E-state index in [9.17, 15) is 45.6 Å². The lowest BCUT2D eigenvalue weighted by Crippen LogP contribution is -2.65. The van der Waals surface area contributed by atoms with Gasteiger partial charge in [0.25, 0.3) is 0 Å². The predicted octanol–water partition coefficient (Wildman–Crippen LogP) is 4.76. The van der Waals surface area contributed by atoms with E-state index in [2.05, 4.69) is 36.5 Å². The summed E-state index contributed by atoms with van der Waals surface area (Å²) in [5.74, 6) is -0.291. The van der Waals surface area contributed by atoms with Crippen molar-refractivity contribution in [1.82, 2.24) is 5.32 Å². The number of unbranched alkanes of at least 4 members (excludes halogenated alkanes) is 17. The Morgan fingerprint density at radius 1 is 0.583 bits per heavy atom. The van der Waals surface area contributed by atoms with Crippen molar-refractivity contribution in [2.75, 3.05) is 19.8 Å². The lowest BCUT2D eigenvalue weighted by molar-refractivity contribution is -0.359. The summed E-state index contributed by atoms with van der Waals surface area (Å²) in [6, 6.07) is -0.930. The molecule has 2 aliphatic heterocycles. The molecule has 0 aromatic rings. The smallest absolute Gasteiger partial charge is 0.220 e. The number of hydrogen-bond donors (Lipinski definition) is 9. The first-order valence-corrected chi connectivity index (χ1v) is 23.2. The van der Waals surface area contributed by atoms with Crippen LogP contribution in [0.25, 0.3) is 0 Å². The van der Waals surface area contributed by atoms with Crippen LogP contribution in [0.2, 0.25) is 0 Å². The highest BCUT2D eigenvalue weighted by Gasteiger charge is 2.50. The molecule has 0 aliphatic carbocycles. The van der Waals surface area contributed by atoms with E-state index < -0.39 is 86.8 Å². The van der Waals surface area contributed by atoms with Crippen molar-refractivity contribution in [2.45, 2.75) is 229 Å². The molecule has 9 N–H and O–H groups in total. The van der Waals surface area contributed by atoms with Gasteiger partial charge in [-0.2, -0.15) is 0 Å². The predicted molar refractivity (Wildman–Crippen MR) is 231 cm³/mol. The highest BCUT2D eigenvalue weighted by Crippen LogP contribution is 2.30. The third-order valence-corrected chi connectivity index (χ3v) is 11.3. The number of nitrogens with one attached hydrogen (secondary N) is 1. The van der Waals surface area contributed by atoms with Crippen LogP contribution in [-0.4, -0.2) is 140 Å². The van der Waals surface area contributed by atoms with Crippen LogP contribution in [0.1, 0.15) is 155 Å². The molecule has 2 heterocycles. The fourth-order valence-electron chi connectivity index (χ4n) is 7.42. The van der Waals surface area contributed by atoms with Crippen molar-refractivity contribution < 1.29 is 64.6 Å². The molecule has 0 aromatic carbocycles. The number of allylic oxidation sites excluding steroid dienone is 5. The maximum atomic E-state index is 12.6. The Bertz CT molecular complexity index is 1150. The molecule has 12 atom stereocenters. The summed E-state index contributed by atoms with van der Waals surface area (Å²) in [6.07, 6.45) is 20.7. The normalized spacial score (nSPS) is 28.6. The van der Waals surface area contributed by atoms with Crippen molar-refractivity contribution in [3.05, 3.63) is 36.5 Å². The van der Waals surface area contributed by atoms with Gasteiger partial charge in [-0.05, 0) is 44.9 Å².